The zero-order valence-electron chi connectivity index (χ0n) is 15.8. The Kier molecular flexibility index (Phi) is 5.79. The van der Waals surface area contributed by atoms with E-state index in [0.29, 0.717) is 26.0 Å². The smallest absolute Gasteiger partial charge is 0.238 e. The van der Waals surface area contributed by atoms with Gasteiger partial charge in [-0.1, -0.05) is 43.9 Å². The number of hydrogen-bond donors (Lipinski definition) is 2. The van der Waals surface area contributed by atoms with Crippen molar-refractivity contribution < 1.29 is 4.79 Å². The Bertz CT molecular complexity index is 890. The highest BCUT2D eigenvalue weighted by molar-refractivity contribution is 8.02. The van der Waals surface area contributed by atoms with Gasteiger partial charge in [0.15, 0.2) is 4.34 Å². The summed E-state index contributed by atoms with van der Waals surface area (Å²) in [7, 11) is 0. The molecule has 0 saturated heterocycles. The first-order valence-electron chi connectivity index (χ1n) is 8.80. The standard InChI is InChI=1S/C18H23N5OS3/c1-9(25-17-23-22-16(20)27-17)14(24)21-15-12(8-19)11-6-5-10(18(2,3)4)7-13(11)26-15/h9-10H,5-7H2,1-4H3,(H2,20,22)(H,21,24). The van der Waals surface area contributed by atoms with Crippen molar-refractivity contribution in [2.75, 3.05) is 11.1 Å². The van der Waals surface area contributed by atoms with Gasteiger partial charge in [-0.25, -0.2) is 0 Å². The van der Waals surface area contributed by atoms with E-state index in [9.17, 15) is 10.1 Å². The van der Waals surface area contributed by atoms with Crippen LogP contribution in [0.1, 0.15) is 50.1 Å². The van der Waals surface area contributed by atoms with Gasteiger partial charge in [0.1, 0.15) is 11.1 Å². The van der Waals surface area contributed by atoms with E-state index in [1.165, 1.54) is 28.0 Å². The average Bonchev–Trinajstić information content (AvgIpc) is 3.15. The number of anilines is 2. The monoisotopic (exact) mass is 421 g/mol. The topological polar surface area (TPSA) is 105 Å². The summed E-state index contributed by atoms with van der Waals surface area (Å²) in [6.45, 7) is 8.61. The summed E-state index contributed by atoms with van der Waals surface area (Å²) < 4.78 is 0.661. The summed E-state index contributed by atoms with van der Waals surface area (Å²) >= 11 is 4.13. The molecular formula is C18H23N5OS3. The lowest BCUT2D eigenvalue weighted by molar-refractivity contribution is -0.115. The molecule has 2 aromatic heterocycles. The maximum atomic E-state index is 12.6. The molecular weight excluding hydrogens is 398 g/mol. The van der Waals surface area contributed by atoms with E-state index in [4.69, 9.17) is 5.73 Å². The molecule has 2 aromatic rings. The summed E-state index contributed by atoms with van der Waals surface area (Å²) in [6, 6.07) is 2.31. The number of nitriles is 1. The predicted octanol–water partition coefficient (Wildman–Crippen LogP) is 4.32. The van der Waals surface area contributed by atoms with Crippen molar-refractivity contribution in [2.24, 2.45) is 11.3 Å². The molecule has 1 aliphatic rings. The number of thiophene rings is 1. The minimum absolute atomic E-state index is 0.142. The number of nitrogen functional groups attached to an aromatic ring is 1. The van der Waals surface area contributed by atoms with Crippen molar-refractivity contribution in [1.82, 2.24) is 10.2 Å². The molecule has 3 rings (SSSR count). The quantitative estimate of drug-likeness (QED) is 0.712. The van der Waals surface area contributed by atoms with Crippen LogP contribution in [0.15, 0.2) is 4.34 Å². The number of nitrogens with zero attached hydrogens (tertiary/aromatic N) is 3. The maximum Gasteiger partial charge on any atom is 0.238 e. The summed E-state index contributed by atoms with van der Waals surface area (Å²) in [5.41, 5.74) is 7.58. The van der Waals surface area contributed by atoms with Crippen LogP contribution >= 0.6 is 34.4 Å². The van der Waals surface area contributed by atoms with Gasteiger partial charge in [-0.2, -0.15) is 5.26 Å². The van der Waals surface area contributed by atoms with Gasteiger partial charge in [-0.05, 0) is 43.1 Å². The van der Waals surface area contributed by atoms with Crippen molar-refractivity contribution in [3.8, 4) is 6.07 Å². The van der Waals surface area contributed by atoms with Crippen LogP contribution in [0.25, 0.3) is 0 Å². The molecule has 0 aliphatic heterocycles. The summed E-state index contributed by atoms with van der Waals surface area (Å²) in [5.74, 6) is 0.451. The minimum Gasteiger partial charge on any atom is -0.374 e. The van der Waals surface area contributed by atoms with Crippen LogP contribution in [-0.2, 0) is 17.6 Å². The van der Waals surface area contributed by atoms with Gasteiger partial charge in [0.2, 0.25) is 11.0 Å². The van der Waals surface area contributed by atoms with E-state index in [0.717, 1.165) is 24.8 Å². The number of hydrogen-bond acceptors (Lipinski definition) is 8. The molecule has 3 N–H and O–H groups in total. The highest BCUT2D eigenvalue weighted by atomic mass is 32.2. The van der Waals surface area contributed by atoms with Gasteiger partial charge in [-0.15, -0.1) is 21.5 Å². The molecule has 0 spiro atoms. The van der Waals surface area contributed by atoms with Gasteiger partial charge in [-0.3, -0.25) is 4.79 Å². The van der Waals surface area contributed by atoms with E-state index >= 15 is 0 Å². The number of thioether (sulfide) groups is 1. The fourth-order valence-electron chi connectivity index (χ4n) is 3.22. The Hall–Kier alpha value is -1.63. The second-order valence-corrected chi connectivity index (χ2v) is 11.5. The first-order chi connectivity index (χ1) is 12.7. The molecule has 144 valence electrons. The molecule has 2 heterocycles. The van der Waals surface area contributed by atoms with Gasteiger partial charge in [0.25, 0.3) is 0 Å². The van der Waals surface area contributed by atoms with E-state index in [2.05, 4.69) is 42.4 Å². The van der Waals surface area contributed by atoms with E-state index in [1.54, 1.807) is 11.3 Å². The zero-order valence-corrected chi connectivity index (χ0v) is 18.3. The SMILES string of the molecule is CC(Sc1nnc(N)s1)C(=O)Nc1sc2c(c1C#N)CCC(C(C)(C)C)C2. The molecule has 27 heavy (non-hydrogen) atoms. The molecule has 0 fully saturated rings. The largest absolute Gasteiger partial charge is 0.374 e. The number of nitrogens with two attached hydrogens (primary N) is 1. The molecule has 2 unspecified atom stereocenters. The number of aromatic nitrogens is 2. The summed E-state index contributed by atoms with van der Waals surface area (Å²) in [6.07, 6.45) is 2.96. The average molecular weight is 422 g/mol. The van der Waals surface area contributed by atoms with Crippen LogP contribution in [0.2, 0.25) is 0 Å². The molecule has 0 saturated carbocycles. The molecule has 1 aliphatic carbocycles. The number of carbonyl (C=O) groups is 1. The van der Waals surface area contributed by atoms with Gasteiger partial charge in [0.05, 0.1) is 10.8 Å². The van der Waals surface area contributed by atoms with E-state index < -0.39 is 0 Å². The normalized spacial score (nSPS) is 17.8. The summed E-state index contributed by atoms with van der Waals surface area (Å²) in [4.78, 5) is 13.9. The molecule has 2 atom stereocenters. The van der Waals surface area contributed by atoms with Crippen LogP contribution in [0.5, 0.6) is 0 Å². The van der Waals surface area contributed by atoms with Crippen molar-refractivity contribution in [3.63, 3.8) is 0 Å². The predicted molar refractivity (Wildman–Crippen MR) is 112 cm³/mol. The summed E-state index contributed by atoms with van der Waals surface area (Å²) in [5, 5.41) is 21.0. The third-order valence-electron chi connectivity index (χ3n) is 4.91. The highest BCUT2D eigenvalue weighted by Crippen LogP contribution is 2.44. The van der Waals surface area contributed by atoms with Crippen LogP contribution in [0.4, 0.5) is 10.1 Å². The van der Waals surface area contributed by atoms with Crippen LogP contribution < -0.4 is 11.1 Å². The Balaban J connectivity index is 1.74. The minimum atomic E-state index is -0.356. The fourth-order valence-corrected chi connectivity index (χ4v) is 6.28. The highest BCUT2D eigenvalue weighted by Gasteiger charge is 2.32. The Labute approximate surface area is 171 Å². The number of amides is 1. The van der Waals surface area contributed by atoms with Crippen molar-refractivity contribution >= 4 is 50.5 Å². The second kappa shape index (κ2) is 7.78. The Morgan fingerprint density at radius 2 is 2.15 bits per heavy atom. The van der Waals surface area contributed by atoms with Crippen LogP contribution in [0.3, 0.4) is 0 Å². The van der Waals surface area contributed by atoms with Gasteiger partial charge < -0.3 is 11.1 Å². The Morgan fingerprint density at radius 3 is 2.74 bits per heavy atom. The van der Waals surface area contributed by atoms with Crippen LogP contribution in [-0.4, -0.2) is 21.4 Å². The lowest BCUT2D eigenvalue weighted by Crippen LogP contribution is -2.26. The Morgan fingerprint density at radius 1 is 1.41 bits per heavy atom. The molecule has 0 aromatic carbocycles. The maximum absolute atomic E-state index is 12.6. The molecule has 1 amide bonds. The molecule has 6 nitrogen and oxygen atoms in total. The third-order valence-corrected chi connectivity index (χ3v) is 8.01. The second-order valence-electron chi connectivity index (χ2n) is 7.78. The van der Waals surface area contributed by atoms with Crippen molar-refractivity contribution in [3.05, 3.63) is 16.0 Å². The number of rotatable bonds is 4. The zero-order chi connectivity index (χ0) is 19.8. The van der Waals surface area contributed by atoms with Crippen molar-refractivity contribution in [2.45, 2.75) is 56.5 Å². The number of carbonyl (C=O) groups excluding carboxylic acids is 1. The van der Waals surface area contributed by atoms with Crippen molar-refractivity contribution in [1.29, 1.82) is 5.26 Å². The molecule has 9 heteroatoms. The number of nitrogens with one attached hydrogen (secondary N) is 1. The first kappa shape index (κ1) is 20.1. The fraction of sp³-hybridized carbons (Fsp3) is 0.556. The third kappa shape index (κ3) is 4.45. The lowest BCUT2D eigenvalue weighted by Gasteiger charge is -2.33. The molecule has 0 bridgehead atoms. The number of fused-ring (bicyclic) bond motifs is 1. The van der Waals surface area contributed by atoms with Gasteiger partial charge >= 0.3 is 0 Å². The first-order valence-corrected chi connectivity index (χ1v) is 11.3. The van der Waals surface area contributed by atoms with Crippen LogP contribution in [0, 0.1) is 22.7 Å². The molecule has 0 radical (unpaired) electrons. The lowest BCUT2D eigenvalue weighted by atomic mass is 9.72. The van der Waals surface area contributed by atoms with Gasteiger partial charge in [0, 0.05) is 4.88 Å². The van der Waals surface area contributed by atoms with E-state index in [-0.39, 0.29) is 16.6 Å². The van der Waals surface area contributed by atoms with E-state index in [1.807, 2.05) is 6.92 Å².